The van der Waals surface area contributed by atoms with Gasteiger partial charge in [0, 0.05) is 30.7 Å². The summed E-state index contributed by atoms with van der Waals surface area (Å²) in [7, 11) is 1.88. The second-order valence-corrected chi connectivity index (χ2v) is 6.12. The number of benzene rings is 1. The minimum Gasteiger partial charge on any atom is -0.343 e. The van der Waals surface area contributed by atoms with Crippen LogP contribution in [0.3, 0.4) is 0 Å². The summed E-state index contributed by atoms with van der Waals surface area (Å²) in [6, 6.07) is 13.4. The van der Waals surface area contributed by atoms with Crippen LogP contribution < -0.4 is 11.1 Å². The van der Waals surface area contributed by atoms with Crippen LogP contribution in [0.5, 0.6) is 0 Å². The number of nitrogens with zero attached hydrogens (tertiary/aromatic N) is 2. The topological polar surface area (TPSA) is 72.9 Å². The zero-order valence-electron chi connectivity index (χ0n) is 12.8. The molecule has 23 heavy (non-hydrogen) atoms. The van der Waals surface area contributed by atoms with E-state index in [1.54, 1.807) is 10.9 Å². The fraction of sp³-hybridized carbons (Fsp3) is 0.176. The molecule has 1 atom stereocenters. The highest BCUT2D eigenvalue weighted by Crippen LogP contribution is 2.25. The van der Waals surface area contributed by atoms with Crippen LogP contribution in [0.1, 0.15) is 21.3 Å². The van der Waals surface area contributed by atoms with E-state index in [-0.39, 0.29) is 11.9 Å². The van der Waals surface area contributed by atoms with E-state index in [2.05, 4.69) is 10.4 Å². The Labute approximate surface area is 138 Å². The number of thiophene rings is 1. The molecule has 0 fully saturated rings. The van der Waals surface area contributed by atoms with Gasteiger partial charge in [-0.25, -0.2) is 0 Å². The van der Waals surface area contributed by atoms with E-state index in [0.717, 1.165) is 16.8 Å². The zero-order valence-corrected chi connectivity index (χ0v) is 13.6. The average Bonchev–Trinajstić information content (AvgIpc) is 3.21. The Balaban J connectivity index is 1.76. The minimum absolute atomic E-state index is 0.109. The maximum absolute atomic E-state index is 12.5. The summed E-state index contributed by atoms with van der Waals surface area (Å²) < 4.78 is 1.79. The van der Waals surface area contributed by atoms with Crippen LogP contribution in [-0.4, -0.2) is 22.2 Å². The lowest BCUT2D eigenvalue weighted by Gasteiger charge is -2.16. The van der Waals surface area contributed by atoms with Gasteiger partial charge in [-0.1, -0.05) is 30.3 Å². The Morgan fingerprint density at radius 2 is 2.13 bits per heavy atom. The first-order valence-electron chi connectivity index (χ1n) is 7.32. The summed E-state index contributed by atoms with van der Waals surface area (Å²) in [5, 5.41) is 9.11. The molecule has 0 saturated heterocycles. The number of nitrogens with two attached hydrogens (primary N) is 1. The molecule has 0 spiro atoms. The second kappa shape index (κ2) is 6.76. The number of amides is 1. The lowest BCUT2D eigenvalue weighted by Crippen LogP contribution is -2.32. The third-order valence-corrected chi connectivity index (χ3v) is 4.61. The molecule has 3 rings (SSSR count). The van der Waals surface area contributed by atoms with Crippen LogP contribution in [0, 0.1) is 0 Å². The third kappa shape index (κ3) is 3.33. The van der Waals surface area contributed by atoms with Gasteiger partial charge in [0.15, 0.2) is 0 Å². The molecule has 0 unspecified atom stereocenters. The van der Waals surface area contributed by atoms with Gasteiger partial charge in [0.05, 0.1) is 16.6 Å². The first-order valence-corrected chi connectivity index (χ1v) is 8.20. The Bertz CT molecular complexity index is 794. The molecular weight excluding hydrogens is 308 g/mol. The van der Waals surface area contributed by atoms with Gasteiger partial charge >= 0.3 is 0 Å². The van der Waals surface area contributed by atoms with E-state index in [0.29, 0.717) is 11.4 Å². The van der Waals surface area contributed by atoms with Crippen LogP contribution in [-0.2, 0) is 7.05 Å². The summed E-state index contributed by atoms with van der Waals surface area (Å²) >= 11 is 1.42. The number of carbonyl (C=O) groups is 1. The van der Waals surface area contributed by atoms with Crippen molar-refractivity contribution in [1.82, 2.24) is 15.1 Å². The molecule has 2 aromatic heterocycles. The Morgan fingerprint density at radius 3 is 2.78 bits per heavy atom. The number of aryl methyl sites for hydroxylation is 1. The van der Waals surface area contributed by atoms with Crippen LogP contribution in [0.15, 0.2) is 54.0 Å². The van der Waals surface area contributed by atoms with E-state index >= 15 is 0 Å². The Kier molecular flexibility index (Phi) is 4.55. The molecule has 5 nitrogen and oxygen atoms in total. The van der Waals surface area contributed by atoms with Gasteiger partial charge < -0.3 is 11.1 Å². The second-order valence-electron chi connectivity index (χ2n) is 5.21. The Hall–Kier alpha value is -2.44. The van der Waals surface area contributed by atoms with Gasteiger partial charge in [-0.05, 0) is 17.7 Å². The summed E-state index contributed by atoms with van der Waals surface area (Å²) in [6.45, 7) is 0.357. The predicted octanol–water partition coefficient (Wildman–Crippen LogP) is 2.58. The molecule has 0 saturated carbocycles. The predicted molar refractivity (Wildman–Crippen MR) is 92.2 cm³/mol. The van der Waals surface area contributed by atoms with Crippen molar-refractivity contribution in [3.05, 3.63) is 64.5 Å². The fourth-order valence-corrected chi connectivity index (χ4v) is 3.24. The molecule has 0 aliphatic carbocycles. The van der Waals surface area contributed by atoms with Crippen LogP contribution in [0.2, 0.25) is 0 Å². The van der Waals surface area contributed by atoms with Crippen LogP contribution in [0.4, 0.5) is 0 Å². The largest absolute Gasteiger partial charge is 0.343 e. The number of rotatable bonds is 5. The quantitative estimate of drug-likeness (QED) is 0.757. The van der Waals surface area contributed by atoms with Crippen molar-refractivity contribution >= 4 is 17.2 Å². The monoisotopic (exact) mass is 326 g/mol. The van der Waals surface area contributed by atoms with Gasteiger partial charge in [-0.15, -0.1) is 11.3 Å². The molecule has 118 valence electrons. The average molecular weight is 326 g/mol. The van der Waals surface area contributed by atoms with Gasteiger partial charge in [-0.2, -0.15) is 5.10 Å². The molecule has 1 amide bonds. The molecule has 0 aliphatic rings. The van der Waals surface area contributed by atoms with Crippen LogP contribution >= 0.6 is 11.3 Å². The van der Waals surface area contributed by atoms with Gasteiger partial charge in [0.25, 0.3) is 5.91 Å². The number of carbonyl (C=O) groups excluding carboxylic acids is 1. The minimum atomic E-state index is -0.189. The van der Waals surface area contributed by atoms with Gasteiger partial charge in [-0.3, -0.25) is 9.48 Å². The molecule has 6 heteroatoms. The summed E-state index contributed by atoms with van der Waals surface area (Å²) in [6.07, 6.45) is 1.74. The SMILES string of the molecule is Cn1nccc1-c1csc(C(=O)N[C@H](CN)c2ccccc2)c1. The van der Waals surface area contributed by atoms with E-state index < -0.39 is 0 Å². The fourth-order valence-electron chi connectivity index (χ4n) is 2.44. The molecule has 3 aromatic rings. The lowest BCUT2D eigenvalue weighted by atomic mass is 10.1. The highest BCUT2D eigenvalue weighted by atomic mass is 32.1. The van der Waals surface area contributed by atoms with E-state index in [1.807, 2.05) is 54.9 Å². The van der Waals surface area contributed by atoms with Crippen molar-refractivity contribution < 1.29 is 4.79 Å². The summed E-state index contributed by atoms with van der Waals surface area (Å²) in [5.74, 6) is -0.109. The van der Waals surface area contributed by atoms with Crippen LogP contribution in [0.25, 0.3) is 11.3 Å². The number of hydrogen-bond acceptors (Lipinski definition) is 4. The van der Waals surface area contributed by atoms with Crippen molar-refractivity contribution in [3.63, 3.8) is 0 Å². The highest BCUT2D eigenvalue weighted by molar-refractivity contribution is 7.12. The lowest BCUT2D eigenvalue weighted by molar-refractivity contribution is 0.0942. The molecule has 0 radical (unpaired) electrons. The van der Waals surface area contributed by atoms with Crippen molar-refractivity contribution in [3.8, 4) is 11.3 Å². The van der Waals surface area contributed by atoms with Gasteiger partial charge in [0.1, 0.15) is 0 Å². The van der Waals surface area contributed by atoms with E-state index in [9.17, 15) is 4.79 Å². The summed E-state index contributed by atoms with van der Waals surface area (Å²) in [5.41, 5.74) is 8.79. The van der Waals surface area contributed by atoms with Crippen molar-refractivity contribution in [2.45, 2.75) is 6.04 Å². The molecule has 0 aliphatic heterocycles. The smallest absolute Gasteiger partial charge is 0.261 e. The Morgan fingerprint density at radius 1 is 1.35 bits per heavy atom. The third-order valence-electron chi connectivity index (χ3n) is 3.68. The van der Waals surface area contributed by atoms with E-state index in [4.69, 9.17) is 5.73 Å². The number of nitrogens with one attached hydrogen (secondary N) is 1. The molecule has 1 aromatic carbocycles. The number of hydrogen-bond donors (Lipinski definition) is 2. The van der Waals surface area contributed by atoms with E-state index in [1.165, 1.54) is 11.3 Å². The number of aromatic nitrogens is 2. The van der Waals surface area contributed by atoms with Crippen molar-refractivity contribution in [2.24, 2.45) is 12.8 Å². The molecule has 3 N–H and O–H groups in total. The normalized spacial score (nSPS) is 12.1. The maximum Gasteiger partial charge on any atom is 0.261 e. The maximum atomic E-state index is 12.5. The molecule has 2 heterocycles. The first-order chi connectivity index (χ1) is 11.2. The highest BCUT2D eigenvalue weighted by Gasteiger charge is 2.16. The standard InChI is InChI=1S/C17H18N4OS/c1-21-15(7-8-19-21)13-9-16(23-11-13)17(22)20-14(10-18)12-5-3-2-4-6-12/h2-9,11,14H,10,18H2,1H3,(H,20,22)/t14-/m1/s1. The van der Waals surface area contributed by atoms with Gasteiger partial charge in [0.2, 0.25) is 0 Å². The zero-order chi connectivity index (χ0) is 16.2. The molecule has 0 bridgehead atoms. The molecular formula is C17H18N4OS. The van der Waals surface area contributed by atoms with Crippen molar-refractivity contribution in [1.29, 1.82) is 0 Å². The first kappa shape index (κ1) is 15.5. The van der Waals surface area contributed by atoms with Crippen molar-refractivity contribution in [2.75, 3.05) is 6.54 Å². The summed E-state index contributed by atoms with van der Waals surface area (Å²) in [4.78, 5) is 13.1.